The van der Waals surface area contributed by atoms with E-state index in [0.29, 0.717) is 16.3 Å². The number of nitrogens with zero attached hydrogens (tertiary/aromatic N) is 1. The predicted octanol–water partition coefficient (Wildman–Crippen LogP) is 2.84. The number of halogens is 1. The minimum absolute atomic E-state index is 0.00782. The first-order chi connectivity index (χ1) is 8.67. The van der Waals surface area contributed by atoms with Crippen molar-refractivity contribution in [2.45, 2.75) is 25.5 Å². The molecule has 0 aliphatic carbocycles. The second-order valence-corrected chi connectivity index (χ2v) is 8.46. The summed E-state index contributed by atoms with van der Waals surface area (Å²) in [6.45, 7) is 5.25. The zero-order valence-corrected chi connectivity index (χ0v) is 12.8. The first-order valence-electron chi connectivity index (χ1n) is 5.83. The van der Waals surface area contributed by atoms with Crippen LogP contribution in [0.1, 0.15) is 26.3 Å². The van der Waals surface area contributed by atoms with Crippen LogP contribution in [0.4, 0.5) is 5.69 Å². The molecule has 0 aliphatic heterocycles. The van der Waals surface area contributed by atoms with Crippen molar-refractivity contribution in [1.82, 2.24) is 0 Å². The molecule has 0 unspecified atom stereocenters. The molecule has 104 valence electrons. The van der Waals surface area contributed by atoms with Crippen molar-refractivity contribution in [1.29, 1.82) is 5.26 Å². The maximum Gasteiger partial charge on any atom is 0.156 e. The summed E-state index contributed by atoms with van der Waals surface area (Å²) < 4.78 is 23.1. The van der Waals surface area contributed by atoms with Gasteiger partial charge in [-0.05, 0) is 39.0 Å². The van der Waals surface area contributed by atoms with Crippen molar-refractivity contribution in [3.05, 3.63) is 28.8 Å². The van der Waals surface area contributed by atoms with Crippen LogP contribution >= 0.6 is 11.6 Å². The molecular weight excluding hydrogens is 284 g/mol. The molecule has 0 heterocycles. The largest absolute Gasteiger partial charge is 0.383 e. The van der Waals surface area contributed by atoms with Gasteiger partial charge in [-0.1, -0.05) is 11.6 Å². The minimum Gasteiger partial charge on any atom is -0.383 e. The van der Waals surface area contributed by atoms with Crippen LogP contribution < -0.4 is 5.32 Å². The van der Waals surface area contributed by atoms with Gasteiger partial charge in [0.1, 0.15) is 6.07 Å². The molecule has 1 N–H and O–H groups in total. The van der Waals surface area contributed by atoms with Gasteiger partial charge in [-0.2, -0.15) is 5.26 Å². The molecule has 0 spiro atoms. The number of hydrogen-bond donors (Lipinski definition) is 1. The molecule has 0 aromatic heterocycles. The molecule has 6 heteroatoms. The molecule has 0 bridgehead atoms. The molecular formula is C13H17ClN2O2S. The third kappa shape index (κ3) is 4.12. The normalized spacial score (nSPS) is 11.9. The number of hydrogen-bond acceptors (Lipinski definition) is 4. The van der Waals surface area contributed by atoms with Crippen molar-refractivity contribution in [3.63, 3.8) is 0 Å². The molecule has 1 aromatic carbocycles. The van der Waals surface area contributed by atoms with E-state index < -0.39 is 14.6 Å². The van der Waals surface area contributed by atoms with E-state index >= 15 is 0 Å². The molecule has 0 atom stereocenters. The standard InChI is InChI=1S/C13H17ClN2O2S/c1-13(2,3)19(17,18)7-6-16-12-8-11(14)5-4-10(12)9-15/h4-5,8,16H,6-7H2,1-3H3. The summed E-state index contributed by atoms with van der Waals surface area (Å²) in [5.41, 5.74) is 0.997. The van der Waals surface area contributed by atoms with Crippen molar-refractivity contribution in [2.24, 2.45) is 0 Å². The van der Waals surface area contributed by atoms with Crippen LogP contribution in [0.2, 0.25) is 5.02 Å². The average Bonchev–Trinajstić information content (AvgIpc) is 2.27. The Balaban J connectivity index is 2.75. The highest BCUT2D eigenvalue weighted by atomic mass is 35.5. The molecule has 4 nitrogen and oxygen atoms in total. The lowest BCUT2D eigenvalue weighted by Crippen LogP contribution is -2.32. The van der Waals surface area contributed by atoms with Gasteiger partial charge in [-0.25, -0.2) is 8.42 Å². The van der Waals surface area contributed by atoms with Crippen LogP contribution in [0.5, 0.6) is 0 Å². The number of nitriles is 1. The zero-order valence-electron chi connectivity index (χ0n) is 11.2. The van der Waals surface area contributed by atoms with E-state index in [1.54, 1.807) is 39.0 Å². The summed E-state index contributed by atoms with van der Waals surface area (Å²) in [4.78, 5) is 0. The smallest absolute Gasteiger partial charge is 0.156 e. The van der Waals surface area contributed by atoms with Crippen molar-refractivity contribution in [2.75, 3.05) is 17.6 Å². The molecule has 1 rings (SSSR count). The Kier molecular flexibility index (Phi) is 4.83. The Bertz CT molecular complexity index is 598. The second-order valence-electron chi connectivity index (χ2n) is 5.16. The SMILES string of the molecule is CC(C)(C)S(=O)(=O)CCNc1cc(Cl)ccc1C#N. The molecule has 0 saturated heterocycles. The van der Waals surface area contributed by atoms with Gasteiger partial charge in [0, 0.05) is 11.6 Å². The number of sulfone groups is 1. The van der Waals surface area contributed by atoms with Gasteiger partial charge >= 0.3 is 0 Å². The number of anilines is 1. The average molecular weight is 301 g/mol. The van der Waals surface area contributed by atoms with Gasteiger partial charge < -0.3 is 5.32 Å². The van der Waals surface area contributed by atoms with E-state index in [9.17, 15) is 8.42 Å². The van der Waals surface area contributed by atoms with E-state index in [2.05, 4.69) is 5.32 Å². The Hall–Kier alpha value is -1.25. The van der Waals surface area contributed by atoms with E-state index in [4.69, 9.17) is 16.9 Å². The van der Waals surface area contributed by atoms with E-state index in [1.807, 2.05) is 6.07 Å². The van der Waals surface area contributed by atoms with Gasteiger partial charge in [0.15, 0.2) is 9.84 Å². The molecule has 0 radical (unpaired) electrons. The third-order valence-corrected chi connectivity index (χ3v) is 5.56. The quantitative estimate of drug-likeness (QED) is 0.928. The van der Waals surface area contributed by atoms with Crippen LogP contribution in [0, 0.1) is 11.3 Å². The van der Waals surface area contributed by atoms with Crippen molar-refractivity contribution < 1.29 is 8.42 Å². The minimum atomic E-state index is -3.18. The Morgan fingerprint density at radius 3 is 2.53 bits per heavy atom. The molecule has 1 aromatic rings. The second kappa shape index (κ2) is 5.81. The summed E-state index contributed by atoms with van der Waals surface area (Å²) in [7, 11) is -3.18. The highest BCUT2D eigenvalue weighted by Crippen LogP contribution is 2.21. The fourth-order valence-electron chi connectivity index (χ4n) is 1.39. The van der Waals surface area contributed by atoms with Gasteiger partial charge in [-0.15, -0.1) is 0 Å². The summed E-state index contributed by atoms with van der Waals surface area (Å²) in [6.07, 6.45) is 0. The highest BCUT2D eigenvalue weighted by molar-refractivity contribution is 7.92. The van der Waals surface area contributed by atoms with Crippen molar-refractivity contribution in [3.8, 4) is 6.07 Å². The lowest BCUT2D eigenvalue weighted by Gasteiger charge is -2.19. The first kappa shape index (κ1) is 15.8. The van der Waals surface area contributed by atoms with Crippen LogP contribution in [-0.2, 0) is 9.84 Å². The number of benzene rings is 1. The molecule has 19 heavy (non-hydrogen) atoms. The summed E-state index contributed by atoms with van der Waals surface area (Å²) in [5, 5.41) is 12.4. The summed E-state index contributed by atoms with van der Waals surface area (Å²) >= 11 is 5.85. The number of nitrogens with one attached hydrogen (secondary N) is 1. The van der Waals surface area contributed by atoms with Gasteiger partial charge in [0.05, 0.1) is 21.8 Å². The van der Waals surface area contributed by atoms with Crippen LogP contribution in [0.3, 0.4) is 0 Å². The van der Waals surface area contributed by atoms with Gasteiger partial charge in [0.25, 0.3) is 0 Å². The Morgan fingerprint density at radius 2 is 2.00 bits per heavy atom. The lowest BCUT2D eigenvalue weighted by molar-refractivity contribution is 0.560. The lowest BCUT2D eigenvalue weighted by atomic mass is 10.2. The fourth-order valence-corrected chi connectivity index (χ4v) is 2.54. The van der Waals surface area contributed by atoms with Crippen LogP contribution in [0.15, 0.2) is 18.2 Å². The topological polar surface area (TPSA) is 70.0 Å². The van der Waals surface area contributed by atoms with E-state index in [0.717, 1.165) is 0 Å². The molecule has 0 amide bonds. The highest BCUT2D eigenvalue weighted by Gasteiger charge is 2.28. The van der Waals surface area contributed by atoms with Gasteiger partial charge in [-0.3, -0.25) is 0 Å². The van der Waals surface area contributed by atoms with Crippen LogP contribution in [-0.4, -0.2) is 25.5 Å². The zero-order chi connectivity index (χ0) is 14.7. The maximum absolute atomic E-state index is 11.9. The van der Waals surface area contributed by atoms with Crippen molar-refractivity contribution >= 4 is 27.1 Å². The van der Waals surface area contributed by atoms with E-state index in [1.165, 1.54) is 0 Å². The van der Waals surface area contributed by atoms with Crippen LogP contribution in [0.25, 0.3) is 0 Å². The molecule has 0 aliphatic rings. The number of rotatable bonds is 4. The Morgan fingerprint density at radius 1 is 1.37 bits per heavy atom. The monoisotopic (exact) mass is 300 g/mol. The summed E-state index contributed by atoms with van der Waals surface area (Å²) in [5.74, 6) is 0.00782. The first-order valence-corrected chi connectivity index (χ1v) is 7.86. The predicted molar refractivity (Wildman–Crippen MR) is 78.2 cm³/mol. The van der Waals surface area contributed by atoms with E-state index in [-0.39, 0.29) is 12.3 Å². The van der Waals surface area contributed by atoms with Gasteiger partial charge in [0.2, 0.25) is 0 Å². The molecule has 0 saturated carbocycles. The Labute approximate surface area is 119 Å². The molecule has 0 fully saturated rings. The maximum atomic E-state index is 11.9. The third-order valence-electron chi connectivity index (χ3n) is 2.72. The summed E-state index contributed by atoms with van der Waals surface area (Å²) in [6, 6.07) is 6.87. The fraction of sp³-hybridized carbons (Fsp3) is 0.462.